The van der Waals surface area contributed by atoms with E-state index in [2.05, 4.69) is 13.8 Å². The highest BCUT2D eigenvalue weighted by molar-refractivity contribution is 5.54. The van der Waals surface area contributed by atoms with E-state index >= 15 is 0 Å². The van der Waals surface area contributed by atoms with Crippen LogP contribution in [-0.4, -0.2) is 19.0 Å². The molecule has 0 fully saturated rings. The molecule has 1 atom stereocenters. The predicted molar refractivity (Wildman–Crippen MR) is 83.9 cm³/mol. The van der Waals surface area contributed by atoms with E-state index in [0.29, 0.717) is 17.4 Å². The quantitative estimate of drug-likeness (QED) is 0.929. The zero-order valence-corrected chi connectivity index (χ0v) is 13.0. The first kappa shape index (κ1) is 14.6. The molecule has 0 saturated carbocycles. The third kappa shape index (κ3) is 2.56. The van der Waals surface area contributed by atoms with E-state index in [-0.39, 0.29) is 18.5 Å². The van der Waals surface area contributed by atoms with Crippen molar-refractivity contribution < 1.29 is 19.3 Å². The van der Waals surface area contributed by atoms with Crippen LogP contribution >= 0.6 is 0 Å². The molecule has 1 unspecified atom stereocenters. The lowest BCUT2D eigenvalue weighted by Gasteiger charge is -2.23. The van der Waals surface area contributed by atoms with Gasteiger partial charge in [-0.1, -0.05) is 26.0 Å². The smallest absolute Gasteiger partial charge is 0.231 e. The Morgan fingerprint density at radius 3 is 2.27 bits per heavy atom. The Labute approximate surface area is 130 Å². The molecule has 0 aliphatic carbocycles. The number of aromatic hydroxyl groups is 1. The van der Waals surface area contributed by atoms with Crippen molar-refractivity contribution in [3.63, 3.8) is 0 Å². The number of hydrogen-bond acceptors (Lipinski definition) is 4. The Kier molecular flexibility index (Phi) is 3.84. The molecular weight excluding hydrogens is 280 g/mol. The van der Waals surface area contributed by atoms with Gasteiger partial charge < -0.3 is 19.3 Å². The van der Waals surface area contributed by atoms with Crippen LogP contribution in [0.25, 0.3) is 0 Å². The van der Waals surface area contributed by atoms with E-state index < -0.39 is 0 Å². The molecule has 2 aromatic rings. The van der Waals surface area contributed by atoms with Gasteiger partial charge in [0, 0.05) is 17.5 Å². The Morgan fingerprint density at radius 1 is 1.05 bits per heavy atom. The van der Waals surface area contributed by atoms with Crippen molar-refractivity contribution in [3.05, 3.63) is 47.5 Å². The Bertz CT molecular complexity index is 662. The maximum Gasteiger partial charge on any atom is 0.231 e. The molecule has 116 valence electrons. The molecule has 0 bridgehead atoms. The van der Waals surface area contributed by atoms with Crippen molar-refractivity contribution in [2.75, 3.05) is 13.9 Å². The highest BCUT2D eigenvalue weighted by atomic mass is 16.7. The number of fused-ring (bicyclic) bond motifs is 1. The minimum absolute atomic E-state index is 0.0698. The summed E-state index contributed by atoms with van der Waals surface area (Å²) in [6.45, 7) is 4.48. The summed E-state index contributed by atoms with van der Waals surface area (Å²) < 4.78 is 16.0. The highest BCUT2D eigenvalue weighted by Gasteiger charge is 2.25. The fourth-order valence-electron chi connectivity index (χ4n) is 2.93. The zero-order valence-electron chi connectivity index (χ0n) is 13.0. The maximum absolute atomic E-state index is 10.4. The van der Waals surface area contributed by atoms with Gasteiger partial charge in [0.2, 0.25) is 6.79 Å². The van der Waals surface area contributed by atoms with Gasteiger partial charge in [-0.2, -0.15) is 0 Å². The summed E-state index contributed by atoms with van der Waals surface area (Å²) in [4.78, 5) is 0. The van der Waals surface area contributed by atoms with Crippen LogP contribution in [0.15, 0.2) is 36.4 Å². The molecule has 4 heteroatoms. The first-order valence-corrected chi connectivity index (χ1v) is 7.36. The molecule has 1 N–H and O–H groups in total. The monoisotopic (exact) mass is 300 g/mol. The van der Waals surface area contributed by atoms with Crippen LogP contribution in [0, 0.1) is 5.92 Å². The van der Waals surface area contributed by atoms with Crippen molar-refractivity contribution in [2.24, 2.45) is 5.92 Å². The van der Waals surface area contributed by atoms with Gasteiger partial charge >= 0.3 is 0 Å². The number of benzene rings is 2. The predicted octanol–water partition coefficient (Wildman–Crippen LogP) is 3.92. The number of methoxy groups -OCH3 is 1. The lowest BCUT2D eigenvalue weighted by atomic mass is 9.82. The van der Waals surface area contributed by atoms with Crippen molar-refractivity contribution >= 4 is 0 Å². The van der Waals surface area contributed by atoms with Gasteiger partial charge in [-0.15, -0.1) is 0 Å². The van der Waals surface area contributed by atoms with Gasteiger partial charge in [0.1, 0.15) is 11.5 Å². The third-order valence-electron chi connectivity index (χ3n) is 4.00. The van der Waals surface area contributed by atoms with Crippen molar-refractivity contribution in [3.8, 4) is 23.0 Å². The molecule has 1 heterocycles. The van der Waals surface area contributed by atoms with Gasteiger partial charge in [-0.25, -0.2) is 0 Å². The fraction of sp³-hybridized carbons (Fsp3) is 0.333. The van der Waals surface area contributed by atoms with Crippen LogP contribution in [0.1, 0.15) is 30.9 Å². The number of ether oxygens (including phenoxy) is 3. The summed E-state index contributed by atoms with van der Waals surface area (Å²) in [6.07, 6.45) is 0. The van der Waals surface area contributed by atoms with Crippen LogP contribution in [0.4, 0.5) is 0 Å². The summed E-state index contributed by atoms with van der Waals surface area (Å²) in [5.74, 6) is 2.73. The average molecular weight is 300 g/mol. The van der Waals surface area contributed by atoms with Crippen molar-refractivity contribution in [1.82, 2.24) is 0 Å². The molecule has 0 spiro atoms. The number of phenols is 1. The molecule has 22 heavy (non-hydrogen) atoms. The molecule has 3 rings (SSSR count). The minimum atomic E-state index is 0.0698. The zero-order chi connectivity index (χ0) is 15.7. The summed E-state index contributed by atoms with van der Waals surface area (Å²) in [7, 11) is 1.65. The molecule has 0 aromatic heterocycles. The lowest BCUT2D eigenvalue weighted by molar-refractivity contribution is 0.174. The van der Waals surface area contributed by atoms with Crippen molar-refractivity contribution in [1.29, 1.82) is 0 Å². The van der Waals surface area contributed by atoms with E-state index in [9.17, 15) is 5.11 Å². The summed E-state index contributed by atoms with van der Waals surface area (Å²) >= 11 is 0. The molecule has 1 aliphatic heterocycles. The average Bonchev–Trinajstić information content (AvgIpc) is 2.95. The molecule has 0 radical (unpaired) electrons. The highest BCUT2D eigenvalue weighted by Crippen LogP contribution is 2.44. The number of hydrogen-bond donors (Lipinski definition) is 1. The Morgan fingerprint density at radius 2 is 1.68 bits per heavy atom. The molecule has 1 aliphatic rings. The van der Waals surface area contributed by atoms with E-state index in [0.717, 1.165) is 16.9 Å². The first-order valence-electron chi connectivity index (χ1n) is 7.36. The minimum Gasteiger partial charge on any atom is -0.508 e. The van der Waals surface area contributed by atoms with Gasteiger partial charge in [0.25, 0.3) is 0 Å². The SMILES string of the molecule is COc1ccc(C(c2cc3c(cc2O)OCO3)C(C)C)cc1. The molecule has 0 saturated heterocycles. The van der Waals surface area contributed by atoms with E-state index in [1.807, 2.05) is 30.3 Å². The summed E-state index contributed by atoms with van der Waals surface area (Å²) in [5, 5.41) is 10.4. The van der Waals surface area contributed by atoms with Gasteiger partial charge in [-0.3, -0.25) is 0 Å². The van der Waals surface area contributed by atoms with Crippen LogP contribution < -0.4 is 14.2 Å². The summed E-state index contributed by atoms with van der Waals surface area (Å²) in [5.41, 5.74) is 1.98. The lowest BCUT2D eigenvalue weighted by Crippen LogP contribution is -2.09. The molecule has 2 aromatic carbocycles. The van der Waals surface area contributed by atoms with Crippen LogP contribution in [-0.2, 0) is 0 Å². The number of rotatable bonds is 4. The normalized spacial score (nSPS) is 14.2. The maximum atomic E-state index is 10.4. The Hall–Kier alpha value is -2.36. The van der Waals surface area contributed by atoms with E-state index in [4.69, 9.17) is 14.2 Å². The van der Waals surface area contributed by atoms with Gasteiger partial charge in [-0.05, 0) is 29.7 Å². The topological polar surface area (TPSA) is 47.9 Å². The second-order valence-electron chi connectivity index (χ2n) is 5.76. The third-order valence-corrected chi connectivity index (χ3v) is 4.00. The van der Waals surface area contributed by atoms with Gasteiger partial charge in [0.05, 0.1) is 7.11 Å². The second kappa shape index (κ2) is 5.79. The largest absolute Gasteiger partial charge is 0.508 e. The number of phenolic OH excluding ortho intramolecular Hbond substituents is 1. The molecule has 0 amide bonds. The molecular formula is C18H20O4. The van der Waals surface area contributed by atoms with Gasteiger partial charge in [0.15, 0.2) is 11.5 Å². The summed E-state index contributed by atoms with van der Waals surface area (Å²) in [6, 6.07) is 11.5. The van der Waals surface area contributed by atoms with Crippen molar-refractivity contribution in [2.45, 2.75) is 19.8 Å². The van der Waals surface area contributed by atoms with Crippen LogP contribution in [0.3, 0.4) is 0 Å². The van der Waals surface area contributed by atoms with E-state index in [1.165, 1.54) is 0 Å². The fourth-order valence-corrected chi connectivity index (χ4v) is 2.93. The Balaban J connectivity index is 2.04. The van der Waals surface area contributed by atoms with E-state index in [1.54, 1.807) is 13.2 Å². The van der Waals surface area contributed by atoms with Crippen LogP contribution in [0.2, 0.25) is 0 Å². The molecule has 4 nitrogen and oxygen atoms in total. The first-order chi connectivity index (χ1) is 10.6. The standard InChI is InChI=1S/C18H20O4/c1-11(2)18(12-4-6-13(20-3)7-5-12)14-8-16-17(9-15(14)19)22-10-21-16/h4-9,11,18-19H,10H2,1-3H3. The second-order valence-corrected chi connectivity index (χ2v) is 5.76. The van der Waals surface area contributed by atoms with Crippen LogP contribution in [0.5, 0.6) is 23.0 Å².